The number of rotatable bonds is 4. The van der Waals surface area contributed by atoms with E-state index in [-0.39, 0.29) is 5.60 Å². The number of aliphatic hydroxyl groups is 1. The van der Waals surface area contributed by atoms with Crippen molar-refractivity contribution < 1.29 is 5.11 Å². The Balaban J connectivity index is 1.77. The molecule has 2 fully saturated rings. The summed E-state index contributed by atoms with van der Waals surface area (Å²) in [6, 6.07) is 0. The van der Waals surface area contributed by atoms with Gasteiger partial charge >= 0.3 is 0 Å². The van der Waals surface area contributed by atoms with Gasteiger partial charge in [-0.1, -0.05) is 26.7 Å². The van der Waals surface area contributed by atoms with Crippen LogP contribution in [0.15, 0.2) is 0 Å². The molecule has 1 aliphatic carbocycles. The Morgan fingerprint density at radius 2 is 2.18 bits per heavy atom. The van der Waals surface area contributed by atoms with E-state index in [0.717, 1.165) is 31.2 Å². The molecule has 100 valence electrons. The van der Waals surface area contributed by atoms with Crippen LogP contribution in [0.5, 0.6) is 0 Å². The van der Waals surface area contributed by atoms with Crippen molar-refractivity contribution in [1.82, 2.24) is 4.90 Å². The van der Waals surface area contributed by atoms with Gasteiger partial charge < -0.3 is 10.0 Å². The molecule has 1 N–H and O–H groups in total. The summed E-state index contributed by atoms with van der Waals surface area (Å²) in [6.45, 7) is 7.97. The molecule has 3 heteroatoms. The van der Waals surface area contributed by atoms with E-state index in [1.54, 1.807) is 0 Å². The molecule has 0 bridgehead atoms. The van der Waals surface area contributed by atoms with Crippen molar-refractivity contribution in [2.24, 2.45) is 5.92 Å². The second-order valence-corrected chi connectivity index (χ2v) is 7.70. The monoisotopic (exact) mass is 257 g/mol. The van der Waals surface area contributed by atoms with Crippen molar-refractivity contribution in [2.45, 2.75) is 56.8 Å². The molecule has 0 aromatic rings. The summed E-state index contributed by atoms with van der Waals surface area (Å²) in [5, 5.41) is 11.3. The van der Waals surface area contributed by atoms with Crippen LogP contribution in [0.3, 0.4) is 0 Å². The van der Waals surface area contributed by atoms with Crippen LogP contribution in [0.25, 0.3) is 0 Å². The van der Waals surface area contributed by atoms with Crippen molar-refractivity contribution in [3.63, 3.8) is 0 Å². The van der Waals surface area contributed by atoms with E-state index in [1.165, 1.54) is 31.6 Å². The van der Waals surface area contributed by atoms with E-state index in [2.05, 4.69) is 18.7 Å². The number of piperidine rings is 1. The van der Waals surface area contributed by atoms with Crippen molar-refractivity contribution in [2.75, 3.05) is 25.4 Å². The maximum absolute atomic E-state index is 10.6. The summed E-state index contributed by atoms with van der Waals surface area (Å²) >= 11 is 2.05. The lowest BCUT2D eigenvalue weighted by Crippen LogP contribution is -2.53. The number of likely N-dealkylation sites (tertiary alicyclic amines) is 1. The zero-order valence-electron chi connectivity index (χ0n) is 11.3. The Labute approximate surface area is 110 Å². The third kappa shape index (κ3) is 3.62. The van der Waals surface area contributed by atoms with Crippen molar-refractivity contribution in [3.8, 4) is 0 Å². The number of thioether (sulfide) groups is 1. The largest absolute Gasteiger partial charge is 0.390 e. The van der Waals surface area contributed by atoms with Crippen LogP contribution in [0.1, 0.15) is 46.0 Å². The highest BCUT2D eigenvalue weighted by atomic mass is 32.2. The van der Waals surface area contributed by atoms with Gasteiger partial charge in [-0.25, -0.2) is 0 Å². The minimum atomic E-state index is -0.306. The Morgan fingerprint density at radius 1 is 1.35 bits per heavy atom. The van der Waals surface area contributed by atoms with Crippen LogP contribution in [-0.4, -0.2) is 46.2 Å². The van der Waals surface area contributed by atoms with E-state index in [0.29, 0.717) is 5.92 Å². The first-order chi connectivity index (χ1) is 8.10. The van der Waals surface area contributed by atoms with Gasteiger partial charge in [0.1, 0.15) is 0 Å². The maximum atomic E-state index is 10.6. The highest BCUT2D eigenvalue weighted by molar-refractivity contribution is 7.99. The first-order valence-electron chi connectivity index (χ1n) is 7.16. The predicted octanol–water partition coefficient (Wildman–Crippen LogP) is 2.76. The second-order valence-electron chi connectivity index (χ2n) is 6.02. The fourth-order valence-corrected chi connectivity index (χ4v) is 4.10. The summed E-state index contributed by atoms with van der Waals surface area (Å²) in [5.41, 5.74) is -0.306. The fourth-order valence-electron chi connectivity index (χ4n) is 3.26. The average Bonchev–Trinajstić information content (AvgIpc) is 2.28. The van der Waals surface area contributed by atoms with E-state index < -0.39 is 0 Å². The molecular formula is C14H27NOS. The van der Waals surface area contributed by atoms with Crippen molar-refractivity contribution in [3.05, 3.63) is 0 Å². The molecule has 0 unspecified atom stereocenters. The molecule has 17 heavy (non-hydrogen) atoms. The molecule has 2 nitrogen and oxygen atoms in total. The molecule has 0 aromatic carbocycles. The van der Waals surface area contributed by atoms with Crippen molar-refractivity contribution >= 4 is 11.8 Å². The molecular weight excluding hydrogens is 230 g/mol. The van der Waals surface area contributed by atoms with Crippen LogP contribution in [0.2, 0.25) is 0 Å². The van der Waals surface area contributed by atoms with Gasteiger partial charge in [0, 0.05) is 31.3 Å². The molecule has 0 amide bonds. The molecule has 2 rings (SSSR count). The van der Waals surface area contributed by atoms with Gasteiger partial charge in [0.15, 0.2) is 0 Å². The van der Waals surface area contributed by atoms with Gasteiger partial charge in [0.25, 0.3) is 0 Å². The summed E-state index contributed by atoms with van der Waals surface area (Å²) in [6.07, 6.45) is 5.85. The Morgan fingerprint density at radius 3 is 2.94 bits per heavy atom. The summed E-state index contributed by atoms with van der Waals surface area (Å²) in [5.74, 6) is 1.79. The Hall–Kier alpha value is 0.270. The van der Waals surface area contributed by atoms with E-state index in [9.17, 15) is 5.11 Å². The van der Waals surface area contributed by atoms with Gasteiger partial charge in [0.05, 0.1) is 5.60 Å². The Bertz CT molecular complexity index is 246. The van der Waals surface area contributed by atoms with Gasteiger partial charge in [-0.2, -0.15) is 11.8 Å². The molecule has 0 radical (unpaired) electrons. The van der Waals surface area contributed by atoms with Gasteiger partial charge in [-0.3, -0.25) is 0 Å². The van der Waals surface area contributed by atoms with E-state index in [1.807, 2.05) is 11.8 Å². The minimum absolute atomic E-state index is 0.306. The summed E-state index contributed by atoms with van der Waals surface area (Å²) < 4.78 is 0. The fraction of sp³-hybridized carbons (Fsp3) is 1.00. The normalized spacial score (nSPS) is 34.9. The topological polar surface area (TPSA) is 23.5 Å². The van der Waals surface area contributed by atoms with Crippen molar-refractivity contribution in [1.29, 1.82) is 0 Å². The smallest absolute Gasteiger partial charge is 0.0700 e. The molecule has 2 aliphatic rings. The zero-order chi connectivity index (χ0) is 12.3. The lowest BCUT2D eigenvalue weighted by molar-refractivity contribution is -0.0942. The van der Waals surface area contributed by atoms with Gasteiger partial charge in [0.2, 0.25) is 0 Å². The number of hydrogen-bond donors (Lipinski definition) is 1. The Kier molecular flexibility index (Phi) is 4.79. The van der Waals surface area contributed by atoms with Crippen LogP contribution in [0.4, 0.5) is 0 Å². The zero-order valence-corrected chi connectivity index (χ0v) is 12.1. The molecule has 0 spiro atoms. The van der Waals surface area contributed by atoms with Gasteiger partial charge in [-0.15, -0.1) is 0 Å². The molecule has 1 saturated heterocycles. The van der Waals surface area contributed by atoms with Crippen LogP contribution in [-0.2, 0) is 0 Å². The van der Waals surface area contributed by atoms with Crippen LogP contribution in [0, 0.1) is 5.92 Å². The quantitative estimate of drug-likeness (QED) is 0.838. The molecule has 1 saturated carbocycles. The number of fused-ring (bicyclic) bond motifs is 1. The molecule has 1 aliphatic heterocycles. The molecule has 2 atom stereocenters. The highest BCUT2D eigenvalue weighted by Gasteiger charge is 2.42. The standard InChI is InChI=1S/C14H27NOS/c1-12(2)17-10-9-15-8-7-14(16)6-4-3-5-13(14)11-15/h12-13,16H,3-11H2,1-2H3/t13-,14-/m0/s1. The SMILES string of the molecule is CC(C)SCCN1CC[C@@]2(O)CCCC[C@H]2C1. The third-order valence-corrected chi connectivity index (χ3v) is 5.46. The van der Waals surface area contributed by atoms with E-state index in [4.69, 9.17) is 0 Å². The first-order valence-corrected chi connectivity index (χ1v) is 8.21. The van der Waals surface area contributed by atoms with Crippen LogP contribution < -0.4 is 0 Å². The summed E-state index contributed by atoms with van der Waals surface area (Å²) in [4.78, 5) is 2.57. The number of hydrogen-bond acceptors (Lipinski definition) is 3. The summed E-state index contributed by atoms with van der Waals surface area (Å²) in [7, 11) is 0. The first kappa shape index (κ1) is 13.7. The minimum Gasteiger partial charge on any atom is -0.390 e. The lowest BCUT2D eigenvalue weighted by atomic mass is 9.71. The molecule has 1 heterocycles. The predicted molar refractivity (Wildman–Crippen MR) is 75.6 cm³/mol. The molecule has 0 aromatic heterocycles. The lowest BCUT2D eigenvalue weighted by Gasteiger charge is -2.47. The second kappa shape index (κ2) is 5.94. The van der Waals surface area contributed by atoms with E-state index >= 15 is 0 Å². The maximum Gasteiger partial charge on any atom is 0.0700 e. The highest BCUT2D eigenvalue weighted by Crippen LogP contribution is 2.39. The van der Waals surface area contributed by atoms with Crippen LogP contribution >= 0.6 is 11.8 Å². The average molecular weight is 257 g/mol. The number of nitrogens with zero attached hydrogens (tertiary/aromatic N) is 1. The van der Waals surface area contributed by atoms with Gasteiger partial charge in [-0.05, 0) is 24.5 Å². The third-order valence-electron chi connectivity index (χ3n) is 4.37.